The summed E-state index contributed by atoms with van der Waals surface area (Å²) in [6.45, 7) is 3.97. The van der Waals surface area contributed by atoms with Gasteiger partial charge in [-0.15, -0.1) is 0 Å². The molecule has 1 aliphatic carbocycles. The Hall–Kier alpha value is -0.640. The quantitative estimate of drug-likeness (QED) is 0.881. The number of hydrogen-bond donors (Lipinski definition) is 1. The topological polar surface area (TPSA) is 15.3 Å². The highest BCUT2D eigenvalue weighted by atomic mass is 35.5. The molecule has 2 atom stereocenters. The molecule has 1 aliphatic rings. The molecular weight excluding hydrogens is 287 g/mol. The monoisotopic (exact) mass is 312 g/mol. The van der Waals surface area contributed by atoms with Crippen LogP contribution >= 0.6 is 11.6 Å². The maximum atomic E-state index is 13.1. The van der Waals surface area contributed by atoms with Crippen molar-refractivity contribution >= 4 is 11.6 Å². The highest BCUT2D eigenvalue weighted by Gasteiger charge is 2.36. The van der Waals surface area contributed by atoms with Crippen LogP contribution in [0.1, 0.15) is 38.2 Å². The van der Waals surface area contributed by atoms with Gasteiger partial charge in [-0.1, -0.05) is 37.4 Å². The molecule has 1 aromatic carbocycles. The first-order chi connectivity index (χ1) is 9.93. The first-order valence-electron chi connectivity index (χ1n) is 7.75. The van der Waals surface area contributed by atoms with Gasteiger partial charge in [0.05, 0.1) is 0 Å². The molecule has 21 heavy (non-hydrogen) atoms. The lowest BCUT2D eigenvalue weighted by Gasteiger charge is -2.45. The Morgan fingerprint density at radius 3 is 2.81 bits per heavy atom. The Morgan fingerprint density at radius 2 is 2.19 bits per heavy atom. The van der Waals surface area contributed by atoms with Gasteiger partial charge in [-0.25, -0.2) is 4.39 Å². The van der Waals surface area contributed by atoms with Crippen LogP contribution in [0.15, 0.2) is 18.2 Å². The highest BCUT2D eigenvalue weighted by Crippen LogP contribution is 2.35. The van der Waals surface area contributed by atoms with E-state index in [-0.39, 0.29) is 11.4 Å². The molecule has 0 bridgehead atoms. The van der Waals surface area contributed by atoms with Crippen molar-refractivity contribution in [3.63, 3.8) is 0 Å². The van der Waals surface area contributed by atoms with Gasteiger partial charge in [0.25, 0.3) is 0 Å². The molecule has 1 saturated carbocycles. The zero-order valence-corrected chi connectivity index (χ0v) is 14.0. The summed E-state index contributed by atoms with van der Waals surface area (Å²) in [5, 5.41) is 4.02. The Labute approximate surface area is 132 Å². The van der Waals surface area contributed by atoms with Crippen LogP contribution in [0.5, 0.6) is 0 Å². The molecule has 1 N–H and O–H groups in total. The van der Waals surface area contributed by atoms with Crippen LogP contribution in [-0.2, 0) is 6.54 Å². The molecule has 4 heteroatoms. The van der Waals surface area contributed by atoms with Crippen molar-refractivity contribution in [2.75, 3.05) is 20.6 Å². The smallest absolute Gasteiger partial charge is 0.124 e. The van der Waals surface area contributed by atoms with Crippen LogP contribution in [0.25, 0.3) is 0 Å². The average Bonchev–Trinajstić information content (AvgIpc) is 2.41. The Morgan fingerprint density at radius 1 is 1.43 bits per heavy atom. The lowest BCUT2D eigenvalue weighted by molar-refractivity contribution is 0.0749. The fraction of sp³-hybridized carbons (Fsp3) is 0.647. The Bertz CT molecular complexity index is 478. The largest absolute Gasteiger partial charge is 0.311 e. The normalized spacial score (nSPS) is 26.3. The second-order valence-electron chi connectivity index (χ2n) is 6.66. The summed E-state index contributed by atoms with van der Waals surface area (Å²) in [7, 11) is 4.34. The predicted molar refractivity (Wildman–Crippen MR) is 87.2 cm³/mol. The van der Waals surface area contributed by atoms with Crippen molar-refractivity contribution < 1.29 is 4.39 Å². The summed E-state index contributed by atoms with van der Waals surface area (Å²) < 4.78 is 13.1. The van der Waals surface area contributed by atoms with Gasteiger partial charge in [0, 0.05) is 23.7 Å². The molecule has 0 heterocycles. The number of halogens is 2. The molecule has 0 radical (unpaired) electrons. The number of nitrogens with zero attached hydrogens (tertiary/aromatic N) is 1. The third-order valence-corrected chi connectivity index (χ3v) is 5.15. The number of rotatable bonds is 5. The van der Waals surface area contributed by atoms with Gasteiger partial charge in [-0.05, 0) is 50.6 Å². The van der Waals surface area contributed by atoms with Crippen LogP contribution in [0, 0.1) is 11.7 Å². The van der Waals surface area contributed by atoms with E-state index in [1.807, 2.05) is 0 Å². The molecule has 1 aromatic rings. The van der Waals surface area contributed by atoms with E-state index >= 15 is 0 Å². The molecule has 0 saturated heterocycles. The van der Waals surface area contributed by atoms with Gasteiger partial charge in [0.1, 0.15) is 5.82 Å². The number of nitrogens with one attached hydrogen (secondary N) is 1. The van der Waals surface area contributed by atoms with Crippen molar-refractivity contribution in [2.24, 2.45) is 5.92 Å². The maximum absolute atomic E-state index is 13.1. The summed E-state index contributed by atoms with van der Waals surface area (Å²) >= 11 is 6.08. The number of benzene rings is 1. The third kappa shape index (κ3) is 4.18. The van der Waals surface area contributed by atoms with Crippen molar-refractivity contribution in [3.05, 3.63) is 34.6 Å². The lowest BCUT2D eigenvalue weighted by Crippen LogP contribution is -2.54. The van der Waals surface area contributed by atoms with E-state index in [9.17, 15) is 4.39 Å². The molecule has 2 unspecified atom stereocenters. The SMILES string of the molecule is CC1CCCC(CNCc2ccc(F)cc2Cl)(N(C)C)C1. The zero-order chi connectivity index (χ0) is 15.5. The van der Waals surface area contributed by atoms with Crippen molar-refractivity contribution in [3.8, 4) is 0 Å². The van der Waals surface area contributed by atoms with E-state index in [0.29, 0.717) is 11.6 Å². The average molecular weight is 313 g/mol. The summed E-state index contributed by atoms with van der Waals surface area (Å²) in [6, 6.07) is 4.60. The molecular formula is C17H26ClFN2. The molecule has 118 valence electrons. The minimum atomic E-state index is -0.283. The molecule has 0 spiro atoms. The second-order valence-corrected chi connectivity index (χ2v) is 7.07. The van der Waals surface area contributed by atoms with Crippen LogP contribution < -0.4 is 5.32 Å². The molecule has 0 amide bonds. The third-order valence-electron chi connectivity index (χ3n) is 4.80. The Kier molecular flexibility index (Phi) is 5.64. The van der Waals surface area contributed by atoms with Crippen LogP contribution in [0.2, 0.25) is 5.02 Å². The second kappa shape index (κ2) is 7.08. The van der Waals surface area contributed by atoms with E-state index in [0.717, 1.165) is 18.0 Å². The Balaban J connectivity index is 1.96. The lowest BCUT2D eigenvalue weighted by atomic mass is 9.75. The minimum absolute atomic E-state index is 0.226. The first-order valence-corrected chi connectivity index (χ1v) is 8.13. The molecule has 2 nitrogen and oxygen atoms in total. The number of likely N-dealkylation sites (N-methyl/N-ethyl adjacent to an activating group) is 1. The zero-order valence-electron chi connectivity index (χ0n) is 13.3. The molecule has 1 fully saturated rings. The van der Waals surface area contributed by atoms with Crippen molar-refractivity contribution in [1.29, 1.82) is 0 Å². The number of hydrogen-bond acceptors (Lipinski definition) is 2. The maximum Gasteiger partial charge on any atom is 0.124 e. The molecule has 0 aromatic heterocycles. The predicted octanol–water partition coefficient (Wildman–Crippen LogP) is 4.08. The van der Waals surface area contributed by atoms with Crippen LogP contribution in [0.3, 0.4) is 0 Å². The first kappa shape index (κ1) is 16.7. The van der Waals surface area contributed by atoms with Crippen LogP contribution in [-0.4, -0.2) is 31.1 Å². The van der Waals surface area contributed by atoms with Gasteiger partial charge >= 0.3 is 0 Å². The van der Waals surface area contributed by atoms with Gasteiger partial charge in [-0.3, -0.25) is 0 Å². The van der Waals surface area contributed by atoms with Crippen LogP contribution in [0.4, 0.5) is 4.39 Å². The molecule has 0 aliphatic heterocycles. The van der Waals surface area contributed by atoms with E-state index in [4.69, 9.17) is 11.6 Å². The van der Waals surface area contributed by atoms with Gasteiger partial charge < -0.3 is 10.2 Å². The van der Waals surface area contributed by atoms with E-state index in [1.165, 1.54) is 37.8 Å². The fourth-order valence-corrected chi connectivity index (χ4v) is 3.69. The van der Waals surface area contributed by atoms with Crippen molar-refractivity contribution in [1.82, 2.24) is 10.2 Å². The fourth-order valence-electron chi connectivity index (χ4n) is 3.45. The van der Waals surface area contributed by atoms with Gasteiger partial charge in [0.15, 0.2) is 0 Å². The van der Waals surface area contributed by atoms with Gasteiger partial charge in [0.2, 0.25) is 0 Å². The summed E-state index contributed by atoms with van der Waals surface area (Å²) in [5.41, 5.74) is 1.18. The standard InChI is InChI=1S/C17H26ClFN2/c1-13-5-4-8-17(10-13,21(2)3)12-20-11-14-6-7-15(19)9-16(14)18/h6-7,9,13,20H,4-5,8,10-12H2,1-3H3. The highest BCUT2D eigenvalue weighted by molar-refractivity contribution is 6.31. The molecule has 2 rings (SSSR count). The minimum Gasteiger partial charge on any atom is -0.311 e. The summed E-state index contributed by atoms with van der Waals surface area (Å²) in [5.74, 6) is 0.493. The summed E-state index contributed by atoms with van der Waals surface area (Å²) in [6.07, 6.45) is 5.08. The van der Waals surface area contributed by atoms with Crippen molar-refractivity contribution in [2.45, 2.75) is 44.7 Å². The van der Waals surface area contributed by atoms with E-state index in [1.54, 1.807) is 6.07 Å². The van der Waals surface area contributed by atoms with E-state index in [2.05, 4.69) is 31.2 Å². The van der Waals surface area contributed by atoms with E-state index < -0.39 is 0 Å². The van der Waals surface area contributed by atoms with Gasteiger partial charge in [-0.2, -0.15) is 0 Å². The summed E-state index contributed by atoms with van der Waals surface area (Å²) in [4.78, 5) is 2.36.